The van der Waals surface area contributed by atoms with Gasteiger partial charge >= 0.3 is 0 Å². The van der Waals surface area contributed by atoms with Gasteiger partial charge in [0.05, 0.1) is 7.11 Å². The molecule has 2 aliphatic carbocycles. The third-order valence-corrected chi connectivity index (χ3v) is 7.29. The fourth-order valence-corrected chi connectivity index (χ4v) is 5.70. The summed E-state index contributed by atoms with van der Waals surface area (Å²) in [6, 6.07) is 6.48. The molecule has 3 unspecified atom stereocenters. The summed E-state index contributed by atoms with van der Waals surface area (Å²) in [6.07, 6.45) is 8.27. The molecule has 0 aromatic heterocycles. The van der Waals surface area contributed by atoms with E-state index < -0.39 is 5.60 Å². The van der Waals surface area contributed by atoms with Gasteiger partial charge in [-0.05, 0) is 55.7 Å². The Morgan fingerprint density at radius 1 is 1.21 bits per heavy atom. The van der Waals surface area contributed by atoms with Gasteiger partial charge in [-0.1, -0.05) is 46.6 Å². The molecule has 0 radical (unpaired) electrons. The molecule has 0 aliphatic heterocycles. The van der Waals surface area contributed by atoms with Crippen molar-refractivity contribution in [2.24, 2.45) is 16.7 Å². The first kappa shape index (κ1) is 17.8. The van der Waals surface area contributed by atoms with E-state index in [2.05, 4.69) is 45.9 Å². The second kappa shape index (κ2) is 6.05. The second-order valence-corrected chi connectivity index (χ2v) is 8.92. The van der Waals surface area contributed by atoms with Gasteiger partial charge in [0.1, 0.15) is 11.4 Å². The largest absolute Gasteiger partial charge is 0.496 e. The van der Waals surface area contributed by atoms with Gasteiger partial charge in [0, 0.05) is 16.4 Å². The van der Waals surface area contributed by atoms with Gasteiger partial charge in [0.2, 0.25) is 0 Å². The number of unbranched alkanes of at least 4 members (excludes halogenated alkanes) is 2. The number of aliphatic hydroxyl groups is 1. The maximum atomic E-state index is 12.1. The number of hydrogen-bond acceptors (Lipinski definition) is 2. The standard InChI is InChI=1S/C22H34O2/c1-6-7-8-9-16-10-11-19(24-5)18(14-16)22(23)20(2,3)17-12-13-21(22,4)15-17/h10-11,14,17,23H,6-9,12-13,15H2,1-5H3. The molecule has 0 heterocycles. The Bertz CT molecular complexity index is 599. The quantitative estimate of drug-likeness (QED) is 0.702. The van der Waals surface area contributed by atoms with Crippen molar-refractivity contribution >= 4 is 0 Å². The van der Waals surface area contributed by atoms with E-state index in [1.54, 1.807) is 7.11 Å². The average molecular weight is 331 g/mol. The Hall–Kier alpha value is -1.02. The summed E-state index contributed by atoms with van der Waals surface area (Å²) in [5, 5.41) is 12.1. The summed E-state index contributed by atoms with van der Waals surface area (Å²) in [4.78, 5) is 0. The van der Waals surface area contributed by atoms with E-state index in [-0.39, 0.29) is 10.8 Å². The molecule has 2 heteroatoms. The van der Waals surface area contributed by atoms with Crippen molar-refractivity contribution in [1.29, 1.82) is 0 Å². The number of aryl methyl sites for hydroxylation is 1. The molecule has 1 aromatic rings. The van der Waals surface area contributed by atoms with Crippen molar-refractivity contribution < 1.29 is 9.84 Å². The van der Waals surface area contributed by atoms with Crippen molar-refractivity contribution in [2.45, 2.75) is 78.2 Å². The zero-order valence-corrected chi connectivity index (χ0v) is 16.1. The van der Waals surface area contributed by atoms with Gasteiger partial charge in [-0.3, -0.25) is 0 Å². The summed E-state index contributed by atoms with van der Waals surface area (Å²) in [6.45, 7) is 9.03. The number of fused-ring (bicyclic) bond motifs is 2. The molecule has 0 spiro atoms. The first-order valence-electron chi connectivity index (χ1n) is 9.70. The van der Waals surface area contributed by atoms with Crippen LogP contribution in [0.1, 0.15) is 77.3 Å². The molecule has 3 atom stereocenters. The average Bonchev–Trinajstić information content (AvgIpc) is 3.03. The van der Waals surface area contributed by atoms with E-state index in [0.717, 1.165) is 30.6 Å². The summed E-state index contributed by atoms with van der Waals surface area (Å²) >= 11 is 0. The molecule has 2 bridgehead atoms. The van der Waals surface area contributed by atoms with Crippen LogP contribution in [0, 0.1) is 16.7 Å². The SMILES string of the molecule is CCCCCc1ccc(OC)c(C2(O)C3(C)CCC(C3)C2(C)C)c1. The fraction of sp³-hybridized carbons (Fsp3) is 0.727. The normalized spacial score (nSPS) is 33.8. The van der Waals surface area contributed by atoms with Gasteiger partial charge in [0.15, 0.2) is 0 Å². The van der Waals surface area contributed by atoms with Gasteiger partial charge in [-0.15, -0.1) is 0 Å². The monoisotopic (exact) mass is 330 g/mol. The van der Waals surface area contributed by atoms with Crippen LogP contribution in [0.15, 0.2) is 18.2 Å². The Morgan fingerprint density at radius 3 is 2.54 bits per heavy atom. The highest BCUT2D eigenvalue weighted by Crippen LogP contribution is 2.72. The molecule has 0 amide bonds. The lowest BCUT2D eigenvalue weighted by Gasteiger charge is -2.51. The molecule has 1 aromatic carbocycles. The lowest BCUT2D eigenvalue weighted by atomic mass is 9.57. The smallest absolute Gasteiger partial charge is 0.125 e. The Morgan fingerprint density at radius 2 is 1.96 bits per heavy atom. The molecule has 134 valence electrons. The van der Waals surface area contributed by atoms with Crippen molar-refractivity contribution in [2.75, 3.05) is 7.11 Å². The molecule has 3 rings (SSSR count). The van der Waals surface area contributed by atoms with Crippen LogP contribution in [0.5, 0.6) is 5.75 Å². The van der Waals surface area contributed by atoms with Crippen molar-refractivity contribution in [1.82, 2.24) is 0 Å². The number of methoxy groups -OCH3 is 1. The predicted molar refractivity (Wildman–Crippen MR) is 99.3 cm³/mol. The number of benzene rings is 1. The molecule has 2 saturated carbocycles. The van der Waals surface area contributed by atoms with E-state index in [1.165, 1.54) is 31.2 Å². The first-order chi connectivity index (χ1) is 11.3. The highest BCUT2D eigenvalue weighted by atomic mass is 16.5. The van der Waals surface area contributed by atoms with Gasteiger partial charge in [-0.25, -0.2) is 0 Å². The minimum absolute atomic E-state index is 0.0452. The minimum Gasteiger partial charge on any atom is -0.496 e. The van der Waals surface area contributed by atoms with Crippen LogP contribution in [0.3, 0.4) is 0 Å². The summed E-state index contributed by atoms with van der Waals surface area (Å²) in [7, 11) is 1.72. The van der Waals surface area contributed by atoms with E-state index in [9.17, 15) is 5.11 Å². The Balaban J connectivity index is 2.05. The highest BCUT2D eigenvalue weighted by molar-refractivity contribution is 5.46. The topological polar surface area (TPSA) is 29.5 Å². The van der Waals surface area contributed by atoms with E-state index in [0.29, 0.717) is 5.92 Å². The van der Waals surface area contributed by atoms with Crippen LogP contribution in [0.4, 0.5) is 0 Å². The zero-order chi connectivity index (χ0) is 17.6. The van der Waals surface area contributed by atoms with Crippen LogP contribution < -0.4 is 4.74 Å². The van der Waals surface area contributed by atoms with Crippen LogP contribution in [-0.4, -0.2) is 12.2 Å². The van der Waals surface area contributed by atoms with Crippen molar-refractivity contribution in [3.63, 3.8) is 0 Å². The van der Waals surface area contributed by atoms with Crippen LogP contribution >= 0.6 is 0 Å². The van der Waals surface area contributed by atoms with Gasteiger partial charge in [0.25, 0.3) is 0 Å². The predicted octanol–water partition coefficient (Wildman–Crippen LogP) is 5.46. The third kappa shape index (κ3) is 2.33. The van der Waals surface area contributed by atoms with Gasteiger partial charge < -0.3 is 9.84 Å². The molecule has 2 aliphatic rings. The highest BCUT2D eigenvalue weighted by Gasteiger charge is 2.69. The summed E-state index contributed by atoms with van der Waals surface area (Å²) in [5.41, 5.74) is 1.38. The van der Waals surface area contributed by atoms with Gasteiger partial charge in [-0.2, -0.15) is 0 Å². The van der Waals surface area contributed by atoms with Crippen molar-refractivity contribution in [3.05, 3.63) is 29.3 Å². The second-order valence-electron chi connectivity index (χ2n) is 8.92. The molecule has 0 saturated heterocycles. The lowest BCUT2D eigenvalue weighted by Crippen LogP contribution is -2.51. The fourth-order valence-electron chi connectivity index (χ4n) is 5.70. The minimum atomic E-state index is -0.810. The van der Waals surface area contributed by atoms with Crippen molar-refractivity contribution in [3.8, 4) is 5.75 Å². The molecular weight excluding hydrogens is 296 g/mol. The number of hydrogen-bond donors (Lipinski definition) is 1. The van der Waals surface area contributed by atoms with Crippen LogP contribution in [-0.2, 0) is 12.0 Å². The number of ether oxygens (including phenoxy) is 1. The first-order valence-corrected chi connectivity index (χ1v) is 9.70. The molecule has 2 nitrogen and oxygen atoms in total. The summed E-state index contributed by atoms with van der Waals surface area (Å²) in [5.74, 6) is 1.44. The van der Waals surface area contributed by atoms with E-state index in [1.807, 2.05) is 0 Å². The maximum absolute atomic E-state index is 12.1. The lowest BCUT2D eigenvalue weighted by molar-refractivity contribution is -0.151. The van der Waals surface area contributed by atoms with E-state index in [4.69, 9.17) is 4.74 Å². The molecule has 24 heavy (non-hydrogen) atoms. The van der Waals surface area contributed by atoms with Crippen LogP contribution in [0.25, 0.3) is 0 Å². The molecule has 2 fully saturated rings. The van der Waals surface area contributed by atoms with E-state index >= 15 is 0 Å². The molecular formula is C22H34O2. The van der Waals surface area contributed by atoms with Crippen LogP contribution in [0.2, 0.25) is 0 Å². The Labute approximate surface area is 147 Å². The Kier molecular flexibility index (Phi) is 4.49. The molecule has 1 N–H and O–H groups in total. The third-order valence-electron chi connectivity index (χ3n) is 7.29. The number of rotatable bonds is 6. The summed E-state index contributed by atoms with van der Waals surface area (Å²) < 4.78 is 5.69. The maximum Gasteiger partial charge on any atom is 0.125 e. The zero-order valence-electron chi connectivity index (χ0n) is 16.1.